The highest BCUT2D eigenvalue weighted by atomic mass is 32.2. The molecule has 0 bridgehead atoms. The summed E-state index contributed by atoms with van der Waals surface area (Å²) < 4.78 is 50.8. The Hall–Kier alpha value is -1.54. The highest BCUT2D eigenvalue weighted by molar-refractivity contribution is 7.89. The van der Waals surface area contributed by atoms with Crippen molar-refractivity contribution in [3.8, 4) is 0 Å². The van der Waals surface area contributed by atoms with Crippen LogP contribution < -0.4 is 0 Å². The number of alkyl halides is 2. The zero-order chi connectivity index (χ0) is 15.6. The lowest BCUT2D eigenvalue weighted by molar-refractivity contribution is -0.142. The molecule has 2 rings (SSSR count). The number of sulfonamides is 1. The van der Waals surface area contributed by atoms with Crippen LogP contribution >= 0.6 is 0 Å². The van der Waals surface area contributed by atoms with Gasteiger partial charge in [0.1, 0.15) is 0 Å². The topological polar surface area (TPSA) is 74.7 Å². The minimum atomic E-state index is -3.76. The SMILES string of the molecule is O=C(O)C1CCN(S(=O)(=O)c2ccc(C(F)F)cc2)CC1. The van der Waals surface area contributed by atoms with Crippen LogP contribution in [0.4, 0.5) is 8.78 Å². The third kappa shape index (κ3) is 3.38. The summed E-state index contributed by atoms with van der Waals surface area (Å²) in [6, 6.07) is 4.48. The van der Waals surface area contributed by atoms with Crippen molar-refractivity contribution in [2.75, 3.05) is 13.1 Å². The smallest absolute Gasteiger partial charge is 0.306 e. The maximum absolute atomic E-state index is 12.5. The molecule has 8 heteroatoms. The van der Waals surface area contributed by atoms with Crippen molar-refractivity contribution in [1.82, 2.24) is 4.31 Å². The Morgan fingerprint density at radius 1 is 1.19 bits per heavy atom. The van der Waals surface area contributed by atoms with Gasteiger partial charge in [0.25, 0.3) is 6.43 Å². The molecule has 1 heterocycles. The lowest BCUT2D eigenvalue weighted by Crippen LogP contribution is -2.40. The van der Waals surface area contributed by atoms with Gasteiger partial charge >= 0.3 is 5.97 Å². The molecule has 0 amide bonds. The maximum atomic E-state index is 12.5. The van der Waals surface area contributed by atoms with Gasteiger partial charge in [0.15, 0.2) is 0 Å². The Morgan fingerprint density at radius 2 is 1.71 bits per heavy atom. The molecule has 0 aromatic heterocycles. The highest BCUT2D eigenvalue weighted by Crippen LogP contribution is 2.26. The highest BCUT2D eigenvalue weighted by Gasteiger charge is 2.31. The maximum Gasteiger partial charge on any atom is 0.306 e. The van der Waals surface area contributed by atoms with E-state index in [1.807, 2.05) is 0 Å². The van der Waals surface area contributed by atoms with Gasteiger partial charge in [-0.15, -0.1) is 0 Å². The van der Waals surface area contributed by atoms with E-state index in [2.05, 4.69) is 0 Å². The van der Waals surface area contributed by atoms with Crippen LogP contribution in [-0.4, -0.2) is 36.9 Å². The van der Waals surface area contributed by atoms with Crippen LogP contribution in [0, 0.1) is 5.92 Å². The number of carboxylic acid groups (broad SMARTS) is 1. The molecule has 5 nitrogen and oxygen atoms in total. The molecule has 116 valence electrons. The molecular formula is C13H15F2NO4S. The lowest BCUT2D eigenvalue weighted by Gasteiger charge is -2.29. The average Bonchev–Trinajstić information content (AvgIpc) is 2.47. The molecule has 0 unspecified atom stereocenters. The summed E-state index contributed by atoms with van der Waals surface area (Å²) in [5, 5.41) is 8.89. The summed E-state index contributed by atoms with van der Waals surface area (Å²) in [7, 11) is -3.76. The van der Waals surface area contributed by atoms with Crippen molar-refractivity contribution in [2.45, 2.75) is 24.2 Å². The van der Waals surface area contributed by atoms with E-state index in [1.54, 1.807) is 0 Å². The number of halogens is 2. The standard InChI is InChI=1S/C13H15F2NO4S/c14-12(15)9-1-3-11(4-2-9)21(19,20)16-7-5-10(6-8-16)13(17)18/h1-4,10,12H,5-8H2,(H,17,18). The largest absolute Gasteiger partial charge is 0.481 e. The van der Waals surface area contributed by atoms with Crippen LogP contribution in [0.5, 0.6) is 0 Å². The molecule has 0 spiro atoms. The summed E-state index contributed by atoms with van der Waals surface area (Å²) in [6.45, 7) is 0.242. The lowest BCUT2D eigenvalue weighted by atomic mass is 9.99. The summed E-state index contributed by atoms with van der Waals surface area (Å²) in [4.78, 5) is 10.8. The minimum Gasteiger partial charge on any atom is -0.481 e. The van der Waals surface area contributed by atoms with Crippen molar-refractivity contribution < 1.29 is 27.1 Å². The van der Waals surface area contributed by atoms with E-state index >= 15 is 0 Å². The van der Waals surface area contributed by atoms with E-state index in [0.29, 0.717) is 0 Å². The number of carbonyl (C=O) groups is 1. The Kier molecular flexibility index (Phi) is 4.58. The molecule has 21 heavy (non-hydrogen) atoms. The van der Waals surface area contributed by atoms with Crippen LogP contribution in [-0.2, 0) is 14.8 Å². The van der Waals surface area contributed by atoms with Gasteiger partial charge in [0.05, 0.1) is 10.8 Å². The first-order chi connectivity index (χ1) is 9.82. The van der Waals surface area contributed by atoms with E-state index in [-0.39, 0.29) is 36.4 Å². The molecular weight excluding hydrogens is 304 g/mol. The van der Waals surface area contributed by atoms with Crippen molar-refractivity contribution in [2.24, 2.45) is 5.92 Å². The molecule has 1 fully saturated rings. The van der Waals surface area contributed by atoms with Crippen molar-refractivity contribution in [3.05, 3.63) is 29.8 Å². The summed E-state index contributed by atoms with van der Waals surface area (Å²) >= 11 is 0. The second-order valence-corrected chi connectivity index (χ2v) is 6.82. The zero-order valence-corrected chi connectivity index (χ0v) is 11.9. The fourth-order valence-corrected chi connectivity index (χ4v) is 3.75. The van der Waals surface area contributed by atoms with Crippen molar-refractivity contribution >= 4 is 16.0 Å². The first kappa shape index (κ1) is 15.8. The minimum absolute atomic E-state index is 0.0549. The fraction of sp³-hybridized carbons (Fsp3) is 0.462. The number of aliphatic carboxylic acids is 1. The number of piperidine rings is 1. The van der Waals surface area contributed by atoms with E-state index in [4.69, 9.17) is 5.11 Å². The number of hydrogen-bond acceptors (Lipinski definition) is 3. The van der Waals surface area contributed by atoms with E-state index in [9.17, 15) is 22.0 Å². The molecule has 1 aliphatic rings. The average molecular weight is 319 g/mol. The first-order valence-corrected chi connectivity index (χ1v) is 7.87. The molecule has 0 aliphatic carbocycles. The number of carboxylic acids is 1. The fourth-order valence-electron chi connectivity index (χ4n) is 2.28. The number of hydrogen-bond donors (Lipinski definition) is 1. The molecule has 0 radical (unpaired) electrons. The van der Waals surface area contributed by atoms with Gasteiger partial charge in [-0.2, -0.15) is 4.31 Å². The molecule has 1 aromatic carbocycles. The monoisotopic (exact) mass is 319 g/mol. The molecule has 1 saturated heterocycles. The van der Waals surface area contributed by atoms with Gasteiger partial charge in [-0.1, -0.05) is 12.1 Å². The van der Waals surface area contributed by atoms with Gasteiger partial charge in [0, 0.05) is 18.7 Å². The van der Waals surface area contributed by atoms with Gasteiger partial charge in [-0.3, -0.25) is 4.79 Å². The first-order valence-electron chi connectivity index (χ1n) is 6.43. The quantitative estimate of drug-likeness (QED) is 0.922. The Bertz CT molecular complexity index is 608. The van der Waals surface area contributed by atoms with E-state index in [1.165, 1.54) is 4.31 Å². The predicted molar refractivity (Wildman–Crippen MR) is 70.5 cm³/mol. The molecule has 1 aliphatic heterocycles. The number of nitrogens with zero attached hydrogens (tertiary/aromatic N) is 1. The van der Waals surface area contributed by atoms with Crippen LogP contribution in [0.25, 0.3) is 0 Å². The molecule has 1 N–H and O–H groups in total. The third-order valence-corrected chi connectivity index (χ3v) is 5.49. The Balaban J connectivity index is 2.13. The zero-order valence-electron chi connectivity index (χ0n) is 11.1. The molecule has 0 atom stereocenters. The molecule has 1 aromatic rings. The Morgan fingerprint density at radius 3 is 2.14 bits per heavy atom. The Labute approximate surface area is 121 Å². The summed E-state index contributed by atoms with van der Waals surface area (Å²) in [5.74, 6) is -1.45. The van der Waals surface area contributed by atoms with Crippen LogP contribution in [0.3, 0.4) is 0 Å². The summed E-state index contributed by atoms with van der Waals surface area (Å²) in [5.41, 5.74) is -0.237. The number of rotatable bonds is 4. The predicted octanol–water partition coefficient (Wildman–Crippen LogP) is 2.11. The van der Waals surface area contributed by atoms with Gasteiger partial charge in [0.2, 0.25) is 10.0 Å². The second kappa shape index (κ2) is 6.07. The third-order valence-electron chi connectivity index (χ3n) is 3.57. The van der Waals surface area contributed by atoms with Crippen molar-refractivity contribution in [3.63, 3.8) is 0 Å². The van der Waals surface area contributed by atoms with Crippen LogP contribution in [0.2, 0.25) is 0 Å². The normalized spacial score (nSPS) is 18.0. The van der Waals surface area contributed by atoms with Gasteiger partial charge in [-0.05, 0) is 25.0 Å². The van der Waals surface area contributed by atoms with Crippen LogP contribution in [0.15, 0.2) is 29.2 Å². The van der Waals surface area contributed by atoms with E-state index < -0.39 is 28.3 Å². The van der Waals surface area contributed by atoms with Crippen LogP contribution in [0.1, 0.15) is 24.8 Å². The van der Waals surface area contributed by atoms with Gasteiger partial charge in [-0.25, -0.2) is 17.2 Å². The number of benzene rings is 1. The van der Waals surface area contributed by atoms with Gasteiger partial charge < -0.3 is 5.11 Å². The summed E-state index contributed by atoms with van der Waals surface area (Å²) in [6.07, 6.45) is -2.14. The van der Waals surface area contributed by atoms with Crippen molar-refractivity contribution in [1.29, 1.82) is 0 Å². The second-order valence-electron chi connectivity index (χ2n) is 4.89. The molecule has 0 saturated carbocycles. The van der Waals surface area contributed by atoms with E-state index in [0.717, 1.165) is 24.3 Å².